The van der Waals surface area contributed by atoms with Gasteiger partial charge in [-0.15, -0.1) is 10.1 Å². The van der Waals surface area contributed by atoms with Crippen molar-refractivity contribution in [1.82, 2.24) is 10.2 Å². The van der Waals surface area contributed by atoms with Gasteiger partial charge in [-0.25, -0.2) is 0 Å². The molecule has 2 amide bonds. The lowest BCUT2D eigenvalue weighted by Crippen LogP contribution is -2.30. The summed E-state index contributed by atoms with van der Waals surface area (Å²) in [4.78, 5) is 39.9. The van der Waals surface area contributed by atoms with Gasteiger partial charge in [-0.1, -0.05) is 6.92 Å². The lowest BCUT2D eigenvalue weighted by molar-refractivity contribution is -0.757. The Hall–Kier alpha value is -2.68. The maximum absolute atomic E-state index is 12.3. The van der Waals surface area contributed by atoms with Crippen molar-refractivity contribution < 1.29 is 24.3 Å². The molecule has 1 aliphatic rings. The Balaban J connectivity index is 0.00000105. The van der Waals surface area contributed by atoms with E-state index < -0.39 is 5.09 Å². The number of benzene rings is 1. The fourth-order valence-corrected chi connectivity index (χ4v) is 2.29. The minimum absolute atomic E-state index is 0.0504. The molecule has 0 fully saturated rings. The van der Waals surface area contributed by atoms with Crippen LogP contribution in [0, 0.1) is 10.1 Å². The van der Waals surface area contributed by atoms with Crippen LogP contribution in [0.3, 0.4) is 0 Å². The molecule has 0 unspecified atom stereocenters. The van der Waals surface area contributed by atoms with Gasteiger partial charge >= 0.3 is 0 Å². The van der Waals surface area contributed by atoms with E-state index in [4.69, 9.17) is 4.74 Å². The van der Waals surface area contributed by atoms with Crippen molar-refractivity contribution in [2.45, 2.75) is 26.2 Å². The number of imide groups is 1. The van der Waals surface area contributed by atoms with Crippen LogP contribution in [-0.4, -0.2) is 55.7 Å². The van der Waals surface area contributed by atoms with E-state index in [0.29, 0.717) is 36.3 Å². The molecule has 9 nitrogen and oxygen atoms in total. The average Bonchev–Trinajstić information content (AvgIpc) is 2.84. The van der Waals surface area contributed by atoms with Gasteiger partial charge in [0.05, 0.1) is 24.3 Å². The Morgan fingerprint density at radius 3 is 2.38 bits per heavy atom. The second kappa shape index (κ2) is 11.0. The number of carbonyl (C=O) groups is 2. The van der Waals surface area contributed by atoms with Crippen LogP contribution >= 0.6 is 0 Å². The van der Waals surface area contributed by atoms with E-state index in [-0.39, 0.29) is 25.0 Å². The molecule has 0 atom stereocenters. The first-order valence-electron chi connectivity index (χ1n) is 8.45. The number of hydrogen-bond acceptors (Lipinski definition) is 7. The van der Waals surface area contributed by atoms with Gasteiger partial charge in [-0.05, 0) is 51.6 Å². The maximum atomic E-state index is 12.3. The predicted molar refractivity (Wildman–Crippen MR) is 94.8 cm³/mol. The SMILES string of the molecule is CCCOc1ccc2c(c1)C(=O)N(CCCCO[N+](=O)[O-])C2=O.CNC. The van der Waals surface area contributed by atoms with Gasteiger partial charge in [0.1, 0.15) is 5.75 Å². The Morgan fingerprint density at radius 2 is 1.77 bits per heavy atom. The number of rotatable bonds is 9. The van der Waals surface area contributed by atoms with Gasteiger partial charge in [0, 0.05) is 6.54 Å². The normalized spacial score (nSPS) is 12.3. The van der Waals surface area contributed by atoms with Gasteiger partial charge < -0.3 is 14.9 Å². The Labute approximate surface area is 152 Å². The van der Waals surface area contributed by atoms with Crippen molar-refractivity contribution >= 4 is 11.8 Å². The van der Waals surface area contributed by atoms with Gasteiger partial charge in [0.25, 0.3) is 16.9 Å². The molecule has 0 radical (unpaired) electrons. The molecule has 2 rings (SSSR count). The van der Waals surface area contributed by atoms with Crippen LogP contribution in [-0.2, 0) is 4.84 Å². The van der Waals surface area contributed by atoms with E-state index in [9.17, 15) is 19.7 Å². The topological polar surface area (TPSA) is 111 Å². The zero-order chi connectivity index (χ0) is 19.5. The summed E-state index contributed by atoms with van der Waals surface area (Å²) in [5, 5.41) is 11.9. The monoisotopic (exact) mass is 367 g/mol. The number of ether oxygens (including phenoxy) is 1. The molecular weight excluding hydrogens is 342 g/mol. The number of carbonyl (C=O) groups excluding carboxylic acids is 2. The highest BCUT2D eigenvalue weighted by Gasteiger charge is 2.35. The molecular formula is C17H25N3O6. The third-order valence-electron chi connectivity index (χ3n) is 3.39. The average molecular weight is 367 g/mol. The zero-order valence-corrected chi connectivity index (χ0v) is 15.3. The van der Waals surface area contributed by atoms with Gasteiger partial charge in [0.2, 0.25) is 0 Å². The minimum Gasteiger partial charge on any atom is -0.494 e. The van der Waals surface area contributed by atoms with E-state index >= 15 is 0 Å². The van der Waals surface area contributed by atoms with Crippen molar-refractivity contribution in [3.8, 4) is 5.75 Å². The summed E-state index contributed by atoms with van der Waals surface area (Å²) >= 11 is 0. The number of nitrogens with one attached hydrogen (secondary N) is 1. The molecule has 9 heteroatoms. The van der Waals surface area contributed by atoms with Crippen LogP contribution in [0.15, 0.2) is 18.2 Å². The highest BCUT2D eigenvalue weighted by molar-refractivity contribution is 6.21. The Bertz CT molecular complexity index is 635. The third kappa shape index (κ3) is 5.99. The van der Waals surface area contributed by atoms with Crippen LogP contribution in [0.25, 0.3) is 0 Å². The first-order valence-corrected chi connectivity index (χ1v) is 8.45. The quantitative estimate of drug-likeness (QED) is 0.307. The molecule has 0 saturated heterocycles. The number of hydrogen-bond donors (Lipinski definition) is 1. The summed E-state index contributed by atoms with van der Waals surface area (Å²) in [5.41, 5.74) is 0.700. The molecule has 0 bridgehead atoms. The van der Waals surface area contributed by atoms with Crippen LogP contribution in [0.1, 0.15) is 46.9 Å². The van der Waals surface area contributed by atoms with Crippen LogP contribution in [0.4, 0.5) is 0 Å². The first kappa shape index (κ1) is 21.4. The lowest BCUT2D eigenvalue weighted by Gasteiger charge is -2.13. The standard InChI is InChI=1S/C15H18N2O6.C2H7N/c1-2-8-22-11-5-6-12-13(10-11)15(19)16(14(12)18)7-3-4-9-23-17(20)21;1-3-2/h5-6,10H,2-4,7-9H2,1H3;3H,1-2H3. The molecule has 26 heavy (non-hydrogen) atoms. The maximum Gasteiger partial charge on any atom is 0.294 e. The second-order valence-electron chi connectivity index (χ2n) is 5.58. The van der Waals surface area contributed by atoms with E-state index in [1.165, 1.54) is 0 Å². The molecule has 0 aliphatic carbocycles. The molecule has 0 aromatic heterocycles. The van der Waals surface area contributed by atoms with Crippen LogP contribution in [0.2, 0.25) is 0 Å². The summed E-state index contributed by atoms with van der Waals surface area (Å²) < 4.78 is 5.47. The molecule has 1 aliphatic heterocycles. The van der Waals surface area contributed by atoms with Gasteiger partial charge in [-0.2, -0.15) is 0 Å². The predicted octanol–water partition coefficient (Wildman–Crippen LogP) is 1.90. The zero-order valence-electron chi connectivity index (χ0n) is 15.3. The molecule has 1 aromatic rings. The van der Waals surface area contributed by atoms with Crippen molar-refractivity contribution in [3.63, 3.8) is 0 Å². The molecule has 0 saturated carbocycles. The van der Waals surface area contributed by atoms with E-state index in [1.54, 1.807) is 18.2 Å². The molecule has 1 N–H and O–H groups in total. The lowest BCUT2D eigenvalue weighted by atomic mass is 10.1. The molecule has 0 spiro atoms. The van der Waals surface area contributed by atoms with Crippen molar-refractivity contribution in [3.05, 3.63) is 39.4 Å². The minimum atomic E-state index is -0.861. The number of fused-ring (bicyclic) bond motifs is 1. The summed E-state index contributed by atoms with van der Waals surface area (Å²) in [6, 6.07) is 4.85. The van der Waals surface area contributed by atoms with Gasteiger partial charge in [0.15, 0.2) is 0 Å². The Kier molecular flexibility index (Phi) is 9.07. The molecule has 1 heterocycles. The van der Waals surface area contributed by atoms with E-state index in [0.717, 1.165) is 11.3 Å². The fraction of sp³-hybridized carbons (Fsp3) is 0.529. The second-order valence-corrected chi connectivity index (χ2v) is 5.58. The smallest absolute Gasteiger partial charge is 0.294 e. The Morgan fingerprint density at radius 1 is 1.12 bits per heavy atom. The number of amides is 2. The van der Waals surface area contributed by atoms with Crippen LogP contribution < -0.4 is 10.1 Å². The number of unbranched alkanes of at least 4 members (excludes halogenated alkanes) is 1. The van der Waals surface area contributed by atoms with Crippen molar-refractivity contribution in [1.29, 1.82) is 0 Å². The van der Waals surface area contributed by atoms with Crippen LogP contribution in [0.5, 0.6) is 5.75 Å². The van der Waals surface area contributed by atoms with E-state index in [2.05, 4.69) is 10.2 Å². The molecule has 1 aromatic carbocycles. The molecule has 144 valence electrons. The van der Waals surface area contributed by atoms with Crippen molar-refractivity contribution in [2.75, 3.05) is 33.9 Å². The summed E-state index contributed by atoms with van der Waals surface area (Å²) in [6.07, 6.45) is 1.68. The highest BCUT2D eigenvalue weighted by atomic mass is 16.9. The fourth-order valence-electron chi connectivity index (χ4n) is 2.29. The summed E-state index contributed by atoms with van der Waals surface area (Å²) in [7, 11) is 3.75. The summed E-state index contributed by atoms with van der Waals surface area (Å²) in [6.45, 7) is 2.68. The first-order chi connectivity index (χ1) is 12.5. The van der Waals surface area contributed by atoms with E-state index in [1.807, 2.05) is 21.0 Å². The van der Waals surface area contributed by atoms with Crippen molar-refractivity contribution in [2.24, 2.45) is 0 Å². The largest absolute Gasteiger partial charge is 0.494 e. The highest BCUT2D eigenvalue weighted by Crippen LogP contribution is 2.27. The third-order valence-corrected chi connectivity index (χ3v) is 3.39. The van der Waals surface area contributed by atoms with Gasteiger partial charge in [-0.3, -0.25) is 14.5 Å². The summed E-state index contributed by atoms with van der Waals surface area (Å²) in [5.74, 6) is -0.141. The number of nitrogens with zero attached hydrogens (tertiary/aromatic N) is 2.